The minimum atomic E-state index is -4.63. The highest BCUT2D eigenvalue weighted by Gasteiger charge is 2.50. The summed E-state index contributed by atoms with van der Waals surface area (Å²) in [4.78, 5) is 51.6. The highest BCUT2D eigenvalue weighted by atomic mass is 35.5. The van der Waals surface area contributed by atoms with Crippen LogP contribution in [0.25, 0.3) is 0 Å². The van der Waals surface area contributed by atoms with Crippen molar-refractivity contribution in [2.75, 3.05) is 16.8 Å². The fraction of sp³-hybridized carbons (Fsp3) is 0.360. The minimum absolute atomic E-state index is 0.00115. The number of imide groups is 1. The monoisotopic (exact) mass is 522 g/mol. The molecule has 7 nitrogen and oxygen atoms in total. The number of amides is 3. The van der Waals surface area contributed by atoms with Crippen molar-refractivity contribution >= 4 is 46.7 Å². The largest absolute Gasteiger partial charge is 0.452 e. The van der Waals surface area contributed by atoms with Crippen LogP contribution in [0.5, 0.6) is 0 Å². The first-order valence-electron chi connectivity index (χ1n) is 11.3. The zero-order chi connectivity index (χ0) is 26.2. The Balaban J connectivity index is 1.41. The van der Waals surface area contributed by atoms with Crippen LogP contribution >= 0.6 is 11.6 Å². The zero-order valence-electron chi connectivity index (χ0n) is 19.1. The van der Waals surface area contributed by atoms with E-state index >= 15 is 0 Å². The summed E-state index contributed by atoms with van der Waals surface area (Å²) in [7, 11) is 0. The molecule has 2 aromatic rings. The molecule has 4 rings (SSSR count). The molecule has 1 aliphatic heterocycles. The van der Waals surface area contributed by atoms with Gasteiger partial charge in [0.1, 0.15) is 0 Å². The Morgan fingerprint density at radius 3 is 2.53 bits per heavy atom. The first kappa shape index (κ1) is 25.7. The van der Waals surface area contributed by atoms with E-state index in [0.717, 1.165) is 23.5 Å². The molecule has 2 aliphatic rings. The average Bonchev–Trinajstić information content (AvgIpc) is 3.07. The van der Waals surface area contributed by atoms with E-state index in [1.54, 1.807) is 0 Å². The third-order valence-electron chi connectivity index (χ3n) is 6.43. The van der Waals surface area contributed by atoms with Crippen molar-refractivity contribution in [1.82, 2.24) is 0 Å². The van der Waals surface area contributed by atoms with Crippen LogP contribution in [0.4, 0.5) is 24.5 Å². The van der Waals surface area contributed by atoms with E-state index in [1.165, 1.54) is 24.3 Å². The van der Waals surface area contributed by atoms with E-state index in [9.17, 15) is 32.3 Å². The van der Waals surface area contributed by atoms with E-state index in [-0.39, 0.29) is 45.6 Å². The van der Waals surface area contributed by atoms with Crippen molar-refractivity contribution in [3.8, 4) is 0 Å². The number of esters is 1. The molecular formula is C25H22ClF3N2O5. The van der Waals surface area contributed by atoms with E-state index in [0.29, 0.717) is 24.8 Å². The van der Waals surface area contributed by atoms with Crippen LogP contribution in [0.15, 0.2) is 42.5 Å². The first-order chi connectivity index (χ1) is 17.0. The number of nitrogens with zero attached hydrogens (tertiary/aromatic N) is 1. The van der Waals surface area contributed by atoms with Crippen LogP contribution in [0.1, 0.15) is 42.1 Å². The topological polar surface area (TPSA) is 92.8 Å². The molecule has 0 bridgehead atoms. The van der Waals surface area contributed by atoms with Gasteiger partial charge in [0, 0.05) is 0 Å². The first-order valence-corrected chi connectivity index (χ1v) is 11.6. The number of carbonyl (C=O) groups excluding carboxylic acids is 4. The van der Waals surface area contributed by atoms with E-state index in [1.807, 2.05) is 6.92 Å². The van der Waals surface area contributed by atoms with Crippen molar-refractivity contribution in [2.45, 2.75) is 32.4 Å². The molecular weight excluding hydrogens is 501 g/mol. The highest BCUT2D eigenvalue weighted by molar-refractivity contribution is 6.33. The molecule has 36 heavy (non-hydrogen) atoms. The van der Waals surface area contributed by atoms with Crippen LogP contribution in [0.2, 0.25) is 5.02 Å². The van der Waals surface area contributed by atoms with Gasteiger partial charge in [-0.05, 0) is 61.6 Å². The summed E-state index contributed by atoms with van der Waals surface area (Å²) in [5.41, 5.74) is -1.05. The minimum Gasteiger partial charge on any atom is -0.452 e. The number of alkyl halides is 3. The van der Waals surface area contributed by atoms with Crippen molar-refractivity contribution in [3.63, 3.8) is 0 Å². The second-order valence-electron chi connectivity index (χ2n) is 9.01. The average molecular weight is 523 g/mol. The van der Waals surface area contributed by atoms with Gasteiger partial charge in [-0.25, -0.2) is 4.79 Å². The molecule has 190 valence electrons. The number of hydrogen-bond donors (Lipinski definition) is 1. The molecule has 1 saturated carbocycles. The van der Waals surface area contributed by atoms with Gasteiger partial charge in [0.2, 0.25) is 11.8 Å². The summed E-state index contributed by atoms with van der Waals surface area (Å²) in [5, 5.41) is 2.06. The highest BCUT2D eigenvalue weighted by Crippen LogP contribution is 2.42. The number of halogens is 4. The van der Waals surface area contributed by atoms with Gasteiger partial charge >= 0.3 is 12.1 Å². The van der Waals surface area contributed by atoms with Crippen LogP contribution in [-0.2, 0) is 25.3 Å². The summed E-state index contributed by atoms with van der Waals surface area (Å²) < 4.78 is 43.7. The number of benzene rings is 2. The maximum atomic E-state index is 12.9. The molecule has 2 aromatic carbocycles. The Hall–Kier alpha value is -3.40. The van der Waals surface area contributed by atoms with Gasteiger partial charge in [-0.15, -0.1) is 0 Å². The fourth-order valence-electron chi connectivity index (χ4n) is 4.61. The van der Waals surface area contributed by atoms with E-state index < -0.39 is 30.2 Å². The van der Waals surface area contributed by atoms with Crippen LogP contribution < -0.4 is 10.2 Å². The normalized spacial score (nSPS) is 21.8. The lowest BCUT2D eigenvalue weighted by molar-refractivity contribution is -0.137. The van der Waals surface area contributed by atoms with Crippen molar-refractivity contribution in [3.05, 3.63) is 58.6 Å². The number of rotatable bonds is 5. The molecule has 11 heteroatoms. The number of ether oxygens (including phenoxy) is 1. The van der Waals surface area contributed by atoms with Crippen molar-refractivity contribution < 1.29 is 37.1 Å². The van der Waals surface area contributed by atoms with Gasteiger partial charge in [0.15, 0.2) is 6.61 Å². The van der Waals surface area contributed by atoms with Gasteiger partial charge in [0.05, 0.1) is 39.4 Å². The summed E-state index contributed by atoms with van der Waals surface area (Å²) >= 11 is 5.86. The molecule has 1 heterocycles. The number of anilines is 2. The van der Waals surface area contributed by atoms with E-state index in [4.69, 9.17) is 16.3 Å². The lowest BCUT2D eigenvalue weighted by Crippen LogP contribution is -2.31. The maximum Gasteiger partial charge on any atom is 0.416 e. The molecule has 0 unspecified atom stereocenters. The molecule has 0 spiro atoms. The quantitative estimate of drug-likeness (QED) is 0.437. The Morgan fingerprint density at radius 1 is 1.08 bits per heavy atom. The smallest absolute Gasteiger partial charge is 0.416 e. The SMILES string of the molecule is C[C@@H]1CC[C@H]2C(=O)N(c3cccc(C(=O)OCC(=O)Nc4cc(C(F)(F)F)ccc4Cl)c3)C(=O)[C@@H]2C1. The maximum absolute atomic E-state index is 12.9. The summed E-state index contributed by atoms with van der Waals surface area (Å²) in [6, 6.07) is 8.20. The Labute approximate surface area is 209 Å². The van der Waals surface area contributed by atoms with Crippen LogP contribution in [0.3, 0.4) is 0 Å². The van der Waals surface area contributed by atoms with Gasteiger partial charge in [0.25, 0.3) is 5.91 Å². The predicted octanol–water partition coefficient (Wildman–Crippen LogP) is 5.08. The molecule has 0 radical (unpaired) electrons. The third kappa shape index (κ3) is 5.23. The van der Waals surface area contributed by atoms with E-state index in [2.05, 4.69) is 5.32 Å². The summed E-state index contributed by atoms with van der Waals surface area (Å²) in [6.07, 6.45) is -2.48. The van der Waals surface area contributed by atoms with Crippen molar-refractivity contribution in [2.24, 2.45) is 17.8 Å². The van der Waals surface area contributed by atoms with Gasteiger partial charge in [-0.2, -0.15) is 13.2 Å². The second kappa shape index (κ2) is 9.93. The van der Waals surface area contributed by atoms with Crippen molar-refractivity contribution in [1.29, 1.82) is 0 Å². The Morgan fingerprint density at radius 2 is 1.81 bits per heavy atom. The second-order valence-corrected chi connectivity index (χ2v) is 9.42. The molecule has 3 atom stereocenters. The molecule has 0 aromatic heterocycles. The number of fused-ring (bicyclic) bond motifs is 1. The number of carbonyl (C=O) groups is 4. The van der Waals surface area contributed by atoms with Gasteiger partial charge < -0.3 is 10.1 Å². The fourth-order valence-corrected chi connectivity index (χ4v) is 4.78. The zero-order valence-corrected chi connectivity index (χ0v) is 19.9. The predicted molar refractivity (Wildman–Crippen MR) is 124 cm³/mol. The van der Waals surface area contributed by atoms with Gasteiger partial charge in [-0.1, -0.05) is 24.6 Å². The Kier molecular flexibility index (Phi) is 7.08. The number of nitrogens with one attached hydrogen (secondary N) is 1. The molecule has 1 aliphatic carbocycles. The number of hydrogen-bond acceptors (Lipinski definition) is 5. The standard InChI is InChI=1S/C25H22ClF3N2O5/c1-13-5-7-17-18(9-13)23(34)31(22(17)33)16-4-2-3-14(10-16)24(35)36-12-21(32)30-20-11-15(25(27,28)29)6-8-19(20)26/h2-4,6,8,10-11,13,17-18H,5,7,9,12H2,1H3,(H,30,32)/t13-,17-,18-/m1/s1. The molecule has 1 N–H and O–H groups in total. The summed E-state index contributed by atoms with van der Waals surface area (Å²) in [6.45, 7) is 1.25. The lowest BCUT2D eigenvalue weighted by Gasteiger charge is -2.25. The molecule has 3 amide bonds. The third-order valence-corrected chi connectivity index (χ3v) is 6.76. The molecule has 1 saturated heterocycles. The van der Waals surface area contributed by atoms with Gasteiger partial charge in [-0.3, -0.25) is 19.3 Å². The molecule has 2 fully saturated rings. The lowest BCUT2D eigenvalue weighted by atomic mass is 9.76. The van der Waals surface area contributed by atoms with Crippen LogP contribution in [0, 0.1) is 17.8 Å². The van der Waals surface area contributed by atoms with Crippen LogP contribution in [-0.4, -0.2) is 30.3 Å². The Bertz CT molecular complexity index is 1230. The summed E-state index contributed by atoms with van der Waals surface area (Å²) in [5.74, 6) is -2.78.